The number of hydrogen-bond acceptors (Lipinski definition) is 7. The van der Waals surface area contributed by atoms with E-state index in [9.17, 15) is 24.0 Å². The Hall–Kier alpha value is -3.89. The van der Waals surface area contributed by atoms with Crippen LogP contribution >= 0.6 is 0 Å². The van der Waals surface area contributed by atoms with E-state index in [4.69, 9.17) is 9.57 Å². The lowest BCUT2D eigenvalue weighted by Gasteiger charge is -2.39. The van der Waals surface area contributed by atoms with Crippen molar-refractivity contribution in [2.75, 3.05) is 13.7 Å². The summed E-state index contributed by atoms with van der Waals surface area (Å²) in [5.74, 6) is -2.19. The number of rotatable bonds is 13. The quantitative estimate of drug-likeness (QED) is 0.237. The van der Waals surface area contributed by atoms with Crippen molar-refractivity contribution < 1.29 is 33.5 Å². The highest BCUT2D eigenvalue weighted by atomic mass is 16.6. The summed E-state index contributed by atoms with van der Waals surface area (Å²) in [6.45, 7) is 7.76. The van der Waals surface area contributed by atoms with E-state index in [1.165, 1.54) is 6.92 Å². The standard InChI is InChI=1S/C37H54N4O7/c1-6-24(3)34-37(46)40-20-14-13-19-32(40)33(43)22-26(15-9-8-10-16-28(7-2)48-25(4)42)35(44)38-30(36(45)39-34)21-27-23-41(47-5)31-18-12-11-17-29(27)31/h11-12,17-18,23-24,26,28,30,32,34H,6-10,13-16,19-22H2,1-5H3,(H,38,44)(H,39,45)/t24?,26-,28?,30+,32-,34+/m1/s1. The molecule has 264 valence electrons. The predicted molar refractivity (Wildman–Crippen MR) is 183 cm³/mol. The average Bonchev–Trinajstić information content (AvgIpc) is 3.44. The molecular weight excluding hydrogens is 612 g/mol. The van der Waals surface area contributed by atoms with Crippen molar-refractivity contribution in [3.8, 4) is 0 Å². The number of Topliss-reactive ketones (excluding diaryl/α,β-unsaturated/α-hetero) is 1. The molecule has 0 bridgehead atoms. The Kier molecular flexibility index (Phi) is 13.5. The van der Waals surface area contributed by atoms with Gasteiger partial charge >= 0.3 is 5.97 Å². The van der Waals surface area contributed by atoms with Crippen molar-refractivity contribution in [3.05, 3.63) is 36.0 Å². The summed E-state index contributed by atoms with van der Waals surface area (Å²) in [7, 11) is 1.57. The highest BCUT2D eigenvalue weighted by molar-refractivity contribution is 5.98. The van der Waals surface area contributed by atoms with Crippen LogP contribution in [-0.2, 0) is 35.1 Å². The molecule has 3 amide bonds. The number of benzene rings is 1. The van der Waals surface area contributed by atoms with Gasteiger partial charge in [-0.2, -0.15) is 4.73 Å². The molecule has 6 atom stereocenters. The third-order valence-electron chi connectivity index (χ3n) is 10.1. The Bertz CT molecular complexity index is 1440. The molecule has 11 heteroatoms. The Balaban J connectivity index is 1.62. The first-order valence-corrected chi connectivity index (χ1v) is 17.8. The van der Waals surface area contributed by atoms with Crippen LogP contribution in [0.5, 0.6) is 0 Å². The van der Waals surface area contributed by atoms with Crippen LogP contribution in [-0.4, -0.2) is 77.0 Å². The predicted octanol–water partition coefficient (Wildman–Crippen LogP) is 4.52. The van der Waals surface area contributed by atoms with Crippen LogP contribution in [0.15, 0.2) is 30.5 Å². The summed E-state index contributed by atoms with van der Waals surface area (Å²) in [5.41, 5.74) is 1.65. The second-order valence-corrected chi connectivity index (χ2v) is 13.5. The monoisotopic (exact) mass is 666 g/mol. The minimum atomic E-state index is -0.976. The molecule has 2 aromatic rings. The highest BCUT2D eigenvalue weighted by Gasteiger charge is 2.41. The number of carbonyl (C=O) groups is 5. The Morgan fingerprint density at radius 1 is 1.00 bits per heavy atom. The van der Waals surface area contributed by atoms with Crippen LogP contribution in [0.1, 0.15) is 104 Å². The van der Waals surface area contributed by atoms with Gasteiger partial charge in [0.05, 0.1) is 11.6 Å². The van der Waals surface area contributed by atoms with Crippen molar-refractivity contribution in [2.45, 2.75) is 129 Å². The lowest BCUT2D eigenvalue weighted by atomic mass is 9.87. The summed E-state index contributed by atoms with van der Waals surface area (Å²) in [4.78, 5) is 74.9. The van der Waals surface area contributed by atoms with E-state index in [-0.39, 0.29) is 48.4 Å². The molecule has 11 nitrogen and oxygen atoms in total. The number of fused-ring (bicyclic) bond motifs is 2. The average molecular weight is 667 g/mol. The number of unbranched alkanes of at least 4 members (excludes halogenated alkanes) is 2. The van der Waals surface area contributed by atoms with Gasteiger partial charge in [-0.1, -0.05) is 58.2 Å². The van der Waals surface area contributed by atoms with Crippen LogP contribution in [0, 0.1) is 11.8 Å². The van der Waals surface area contributed by atoms with E-state index >= 15 is 0 Å². The lowest BCUT2D eigenvalue weighted by molar-refractivity contribution is -0.147. The molecule has 2 N–H and O–H groups in total. The molecule has 2 saturated heterocycles. The van der Waals surface area contributed by atoms with E-state index in [2.05, 4.69) is 10.6 Å². The van der Waals surface area contributed by atoms with Gasteiger partial charge in [0, 0.05) is 43.8 Å². The third kappa shape index (κ3) is 9.17. The molecule has 0 aliphatic carbocycles. The number of hydrogen-bond donors (Lipinski definition) is 2. The lowest BCUT2D eigenvalue weighted by Crippen LogP contribution is -2.61. The number of ketones is 1. The summed E-state index contributed by atoms with van der Waals surface area (Å²) in [5, 5.41) is 6.92. The van der Waals surface area contributed by atoms with Gasteiger partial charge in [-0.25, -0.2) is 0 Å². The van der Waals surface area contributed by atoms with Crippen LogP contribution < -0.4 is 15.5 Å². The third-order valence-corrected chi connectivity index (χ3v) is 10.1. The topological polar surface area (TPSA) is 136 Å². The Morgan fingerprint density at radius 3 is 2.48 bits per heavy atom. The number of carbonyl (C=O) groups excluding carboxylic acids is 5. The molecule has 1 aromatic carbocycles. The summed E-state index contributed by atoms with van der Waals surface area (Å²) < 4.78 is 7.01. The van der Waals surface area contributed by atoms with Gasteiger partial charge in [0.25, 0.3) is 0 Å². The molecule has 0 spiro atoms. The SMILES string of the molecule is CCC(CCCCC[C@@H]1CC(=O)[C@H]2CCCCN2C(=O)[C@H](C(C)CC)NC(=O)[C@H](Cc2cn(OC)c3ccccc23)NC1=O)OC(C)=O. The molecular formula is C37H54N4O7. The van der Waals surface area contributed by atoms with Gasteiger partial charge in [-0.15, -0.1) is 0 Å². The van der Waals surface area contributed by atoms with E-state index in [1.807, 2.05) is 51.2 Å². The molecule has 2 aliphatic heterocycles. The fourth-order valence-electron chi connectivity index (χ4n) is 7.12. The molecule has 0 radical (unpaired) electrons. The van der Waals surface area contributed by atoms with Crippen molar-refractivity contribution in [1.82, 2.24) is 20.3 Å². The number of para-hydroxylation sites is 1. The van der Waals surface area contributed by atoms with Crippen molar-refractivity contribution in [2.24, 2.45) is 11.8 Å². The van der Waals surface area contributed by atoms with Crippen LogP contribution in [0.2, 0.25) is 0 Å². The molecule has 0 saturated carbocycles. The fourth-order valence-corrected chi connectivity index (χ4v) is 7.12. The van der Waals surface area contributed by atoms with E-state index in [0.29, 0.717) is 32.2 Å². The summed E-state index contributed by atoms with van der Waals surface area (Å²) in [6, 6.07) is 5.29. The maximum Gasteiger partial charge on any atom is 0.302 e. The van der Waals surface area contributed by atoms with Gasteiger partial charge in [0.1, 0.15) is 25.3 Å². The van der Waals surface area contributed by atoms with Crippen molar-refractivity contribution in [3.63, 3.8) is 0 Å². The number of nitrogens with zero attached hydrogens (tertiary/aromatic N) is 2. The minimum Gasteiger partial charge on any atom is -0.463 e. The van der Waals surface area contributed by atoms with Crippen LogP contribution in [0.4, 0.5) is 0 Å². The highest BCUT2D eigenvalue weighted by Crippen LogP contribution is 2.27. The first-order valence-electron chi connectivity index (χ1n) is 17.8. The zero-order valence-corrected chi connectivity index (χ0v) is 29.3. The first kappa shape index (κ1) is 36.9. The number of ether oxygens (including phenoxy) is 1. The van der Waals surface area contributed by atoms with Gasteiger partial charge < -0.3 is 25.1 Å². The van der Waals surface area contributed by atoms with Gasteiger partial charge in [0.2, 0.25) is 17.7 Å². The number of esters is 1. The van der Waals surface area contributed by atoms with E-state index in [0.717, 1.165) is 55.0 Å². The first-order chi connectivity index (χ1) is 23.1. The van der Waals surface area contributed by atoms with Crippen molar-refractivity contribution in [1.29, 1.82) is 0 Å². The number of piperidine rings is 1. The minimum absolute atomic E-state index is 0.0105. The molecule has 2 fully saturated rings. The normalized spacial score (nSPS) is 23.7. The van der Waals surface area contributed by atoms with Crippen LogP contribution in [0.3, 0.4) is 0 Å². The molecule has 2 unspecified atom stereocenters. The Morgan fingerprint density at radius 2 is 1.77 bits per heavy atom. The maximum atomic E-state index is 14.1. The maximum absolute atomic E-state index is 14.1. The smallest absolute Gasteiger partial charge is 0.302 e. The van der Waals surface area contributed by atoms with Crippen LogP contribution in [0.25, 0.3) is 10.9 Å². The molecule has 1 aromatic heterocycles. The molecule has 48 heavy (non-hydrogen) atoms. The summed E-state index contributed by atoms with van der Waals surface area (Å²) in [6.07, 6.45) is 8.97. The number of nitrogens with one attached hydrogen (secondary N) is 2. The Labute approximate surface area is 284 Å². The number of aromatic nitrogens is 1. The van der Waals surface area contributed by atoms with Gasteiger partial charge in [-0.05, 0) is 62.5 Å². The molecule has 3 heterocycles. The molecule has 2 aliphatic rings. The number of amides is 3. The second-order valence-electron chi connectivity index (χ2n) is 13.5. The summed E-state index contributed by atoms with van der Waals surface area (Å²) >= 11 is 0. The van der Waals surface area contributed by atoms with Gasteiger partial charge in [-0.3, -0.25) is 24.0 Å². The van der Waals surface area contributed by atoms with Crippen molar-refractivity contribution >= 4 is 40.4 Å². The van der Waals surface area contributed by atoms with Gasteiger partial charge in [0.15, 0.2) is 5.78 Å². The fraction of sp³-hybridized carbons (Fsp3) is 0.649. The molecule has 4 rings (SSSR count). The van der Waals surface area contributed by atoms with E-state index < -0.39 is 30.0 Å². The zero-order valence-electron chi connectivity index (χ0n) is 29.3. The zero-order chi connectivity index (χ0) is 34.8. The van der Waals surface area contributed by atoms with E-state index in [1.54, 1.807) is 16.7 Å². The largest absolute Gasteiger partial charge is 0.463 e. The second kappa shape index (κ2) is 17.5.